The third kappa shape index (κ3) is 4.94. The normalized spacial score (nSPS) is 18.6. The van der Waals surface area contributed by atoms with Crippen molar-refractivity contribution in [3.05, 3.63) is 58.2 Å². The minimum absolute atomic E-state index is 0.155. The van der Waals surface area contributed by atoms with E-state index in [4.69, 9.17) is 9.97 Å². The maximum Gasteiger partial charge on any atom is 0.227 e. The van der Waals surface area contributed by atoms with Crippen LogP contribution >= 0.6 is 0 Å². The Hall–Kier alpha value is -2.76. The van der Waals surface area contributed by atoms with Gasteiger partial charge in [0.25, 0.3) is 0 Å². The number of benzene rings is 1. The lowest BCUT2D eigenvalue weighted by atomic mass is 10.0. The van der Waals surface area contributed by atoms with Crippen LogP contribution in [0.3, 0.4) is 0 Å². The molecule has 0 unspecified atom stereocenters. The largest absolute Gasteiger partial charge is 0.342 e. The van der Waals surface area contributed by atoms with Crippen LogP contribution in [0.4, 0.5) is 0 Å². The minimum Gasteiger partial charge on any atom is -0.342 e. The van der Waals surface area contributed by atoms with Gasteiger partial charge in [0.15, 0.2) is 0 Å². The highest BCUT2D eigenvalue weighted by atomic mass is 16.2. The summed E-state index contributed by atoms with van der Waals surface area (Å²) in [4.78, 5) is 38.8. The SMILES string of the molecule is Cc1cccc(CC(=O)N2CC[C@H](c3nc(C)c(CC(=O)N4CCCC4)c(C)n3)C2)c1. The van der Waals surface area contributed by atoms with Gasteiger partial charge in [-0.1, -0.05) is 29.8 Å². The summed E-state index contributed by atoms with van der Waals surface area (Å²) in [5.74, 6) is 1.30. The average molecular weight is 421 g/mol. The zero-order chi connectivity index (χ0) is 22.0. The van der Waals surface area contributed by atoms with Gasteiger partial charge < -0.3 is 9.80 Å². The van der Waals surface area contributed by atoms with Gasteiger partial charge in [0.2, 0.25) is 11.8 Å². The Labute approximate surface area is 184 Å². The van der Waals surface area contributed by atoms with E-state index < -0.39 is 0 Å². The summed E-state index contributed by atoms with van der Waals surface area (Å²) in [6.45, 7) is 9.13. The molecule has 1 atom stereocenters. The van der Waals surface area contributed by atoms with Gasteiger partial charge in [-0.25, -0.2) is 9.97 Å². The van der Waals surface area contributed by atoms with Crippen LogP contribution in [0.1, 0.15) is 59.1 Å². The van der Waals surface area contributed by atoms with Gasteiger partial charge in [-0.2, -0.15) is 0 Å². The second-order valence-electron chi connectivity index (χ2n) is 8.99. The lowest BCUT2D eigenvalue weighted by Gasteiger charge is -2.19. The maximum atomic E-state index is 12.8. The zero-order valence-electron chi connectivity index (χ0n) is 18.9. The molecule has 4 rings (SSSR count). The van der Waals surface area contributed by atoms with Crippen molar-refractivity contribution in [2.75, 3.05) is 26.2 Å². The van der Waals surface area contributed by atoms with Gasteiger partial charge in [-0.3, -0.25) is 9.59 Å². The predicted molar refractivity (Wildman–Crippen MR) is 120 cm³/mol. The third-order valence-electron chi connectivity index (χ3n) is 6.57. The molecule has 0 spiro atoms. The van der Waals surface area contributed by atoms with E-state index in [1.165, 1.54) is 5.56 Å². The molecule has 6 heteroatoms. The molecule has 0 aliphatic carbocycles. The summed E-state index contributed by atoms with van der Waals surface area (Å²) in [7, 11) is 0. The van der Waals surface area contributed by atoms with E-state index in [1.807, 2.05) is 48.8 Å². The van der Waals surface area contributed by atoms with E-state index in [-0.39, 0.29) is 17.7 Å². The van der Waals surface area contributed by atoms with Crippen molar-refractivity contribution in [3.63, 3.8) is 0 Å². The molecule has 0 N–H and O–H groups in total. The molecule has 1 aromatic carbocycles. The molecule has 31 heavy (non-hydrogen) atoms. The Bertz CT molecular complexity index is 958. The van der Waals surface area contributed by atoms with Crippen LogP contribution < -0.4 is 0 Å². The molecule has 0 bridgehead atoms. The molecular weight excluding hydrogens is 388 g/mol. The van der Waals surface area contributed by atoms with Crippen LogP contribution in [-0.2, 0) is 22.4 Å². The smallest absolute Gasteiger partial charge is 0.227 e. The van der Waals surface area contributed by atoms with Crippen molar-refractivity contribution < 1.29 is 9.59 Å². The van der Waals surface area contributed by atoms with Crippen LogP contribution in [0, 0.1) is 20.8 Å². The zero-order valence-corrected chi connectivity index (χ0v) is 18.9. The van der Waals surface area contributed by atoms with Gasteiger partial charge in [-0.15, -0.1) is 0 Å². The number of nitrogens with zero attached hydrogens (tertiary/aromatic N) is 4. The molecule has 2 aromatic rings. The van der Waals surface area contributed by atoms with E-state index in [0.717, 1.165) is 67.2 Å². The Morgan fingerprint density at radius 3 is 2.29 bits per heavy atom. The van der Waals surface area contributed by atoms with Crippen LogP contribution in [0.2, 0.25) is 0 Å². The molecule has 0 radical (unpaired) electrons. The Balaban J connectivity index is 1.40. The van der Waals surface area contributed by atoms with Gasteiger partial charge in [0, 0.05) is 49.0 Å². The van der Waals surface area contributed by atoms with Crippen molar-refractivity contribution in [2.45, 2.75) is 58.8 Å². The van der Waals surface area contributed by atoms with Crippen LogP contribution in [0.15, 0.2) is 24.3 Å². The molecule has 2 aliphatic rings. The summed E-state index contributed by atoms with van der Waals surface area (Å²) < 4.78 is 0. The molecule has 0 saturated carbocycles. The van der Waals surface area contributed by atoms with Crippen molar-refractivity contribution in [1.29, 1.82) is 0 Å². The average Bonchev–Trinajstić information content (AvgIpc) is 3.43. The maximum absolute atomic E-state index is 12.8. The lowest BCUT2D eigenvalue weighted by Crippen LogP contribution is -2.30. The molecule has 6 nitrogen and oxygen atoms in total. The van der Waals surface area contributed by atoms with E-state index >= 15 is 0 Å². The molecule has 3 heterocycles. The number of carbonyl (C=O) groups excluding carboxylic acids is 2. The number of aromatic nitrogens is 2. The fourth-order valence-corrected chi connectivity index (χ4v) is 4.74. The van der Waals surface area contributed by atoms with Crippen molar-refractivity contribution >= 4 is 11.8 Å². The number of hydrogen-bond donors (Lipinski definition) is 0. The quantitative estimate of drug-likeness (QED) is 0.745. The van der Waals surface area contributed by atoms with Gasteiger partial charge in [0.1, 0.15) is 5.82 Å². The summed E-state index contributed by atoms with van der Waals surface area (Å²) in [6.07, 6.45) is 3.89. The molecule has 164 valence electrons. The predicted octanol–water partition coefficient (Wildman–Crippen LogP) is 3.13. The topological polar surface area (TPSA) is 66.4 Å². The number of amides is 2. The molecule has 2 amide bonds. The van der Waals surface area contributed by atoms with E-state index in [0.29, 0.717) is 19.4 Å². The monoisotopic (exact) mass is 420 g/mol. The first-order valence-corrected chi connectivity index (χ1v) is 11.4. The van der Waals surface area contributed by atoms with Crippen LogP contribution in [-0.4, -0.2) is 57.8 Å². The molecule has 2 aliphatic heterocycles. The summed E-state index contributed by atoms with van der Waals surface area (Å²) >= 11 is 0. The minimum atomic E-state index is 0.155. The van der Waals surface area contributed by atoms with Gasteiger partial charge in [-0.05, 0) is 45.6 Å². The number of likely N-dealkylation sites (tertiary alicyclic amines) is 2. The van der Waals surface area contributed by atoms with Crippen LogP contribution in [0.5, 0.6) is 0 Å². The number of aryl methyl sites for hydroxylation is 3. The second kappa shape index (κ2) is 9.16. The van der Waals surface area contributed by atoms with E-state index in [1.54, 1.807) is 0 Å². The van der Waals surface area contributed by atoms with E-state index in [2.05, 4.69) is 6.07 Å². The lowest BCUT2D eigenvalue weighted by molar-refractivity contribution is -0.130. The summed E-state index contributed by atoms with van der Waals surface area (Å²) in [5, 5.41) is 0. The first-order chi connectivity index (χ1) is 14.9. The summed E-state index contributed by atoms with van der Waals surface area (Å²) in [5.41, 5.74) is 4.96. The van der Waals surface area contributed by atoms with Crippen LogP contribution in [0.25, 0.3) is 0 Å². The van der Waals surface area contributed by atoms with Crippen molar-refractivity contribution in [1.82, 2.24) is 19.8 Å². The third-order valence-corrected chi connectivity index (χ3v) is 6.57. The molecule has 2 saturated heterocycles. The number of carbonyl (C=O) groups is 2. The standard InChI is InChI=1S/C25H32N4O2/c1-17-7-6-8-20(13-17)14-23(30)29-12-9-21(16-29)25-26-18(2)22(19(3)27-25)15-24(31)28-10-4-5-11-28/h6-8,13,21H,4-5,9-12,14-16H2,1-3H3/t21-/m0/s1. The molecular formula is C25H32N4O2. The van der Waals surface area contributed by atoms with Crippen molar-refractivity contribution in [2.24, 2.45) is 0 Å². The fourth-order valence-electron chi connectivity index (χ4n) is 4.74. The van der Waals surface area contributed by atoms with Gasteiger partial charge >= 0.3 is 0 Å². The fraction of sp³-hybridized carbons (Fsp3) is 0.520. The highest BCUT2D eigenvalue weighted by molar-refractivity contribution is 5.80. The number of rotatable bonds is 5. The molecule has 2 fully saturated rings. The Morgan fingerprint density at radius 1 is 0.935 bits per heavy atom. The Kier molecular flexibility index (Phi) is 6.35. The summed E-state index contributed by atoms with van der Waals surface area (Å²) in [6, 6.07) is 8.13. The van der Waals surface area contributed by atoms with Crippen molar-refractivity contribution in [3.8, 4) is 0 Å². The first kappa shape index (κ1) is 21.5. The Morgan fingerprint density at radius 2 is 1.61 bits per heavy atom. The number of hydrogen-bond acceptors (Lipinski definition) is 4. The van der Waals surface area contributed by atoms with Gasteiger partial charge in [0.05, 0.1) is 12.8 Å². The molecule has 1 aromatic heterocycles. The van der Waals surface area contributed by atoms with E-state index in [9.17, 15) is 9.59 Å². The highest BCUT2D eigenvalue weighted by Gasteiger charge is 2.30. The first-order valence-electron chi connectivity index (χ1n) is 11.4. The second-order valence-corrected chi connectivity index (χ2v) is 8.99. The highest BCUT2D eigenvalue weighted by Crippen LogP contribution is 2.27.